The van der Waals surface area contributed by atoms with E-state index in [-0.39, 0.29) is 16.2 Å². The second-order valence-electron chi connectivity index (χ2n) is 7.81. The second kappa shape index (κ2) is 7.21. The molecule has 5 rings (SSSR count). The molecule has 152 valence electrons. The Hall–Kier alpha value is -3.26. The molecule has 0 N–H and O–H groups in total. The van der Waals surface area contributed by atoms with E-state index in [0.29, 0.717) is 26.7 Å². The van der Waals surface area contributed by atoms with E-state index in [1.165, 1.54) is 11.3 Å². The van der Waals surface area contributed by atoms with Gasteiger partial charge < -0.3 is 4.90 Å². The van der Waals surface area contributed by atoms with E-state index in [2.05, 4.69) is 16.8 Å². The van der Waals surface area contributed by atoms with Crippen molar-refractivity contribution in [2.45, 2.75) is 19.8 Å². The molecule has 0 aliphatic carbocycles. The van der Waals surface area contributed by atoms with E-state index in [9.17, 15) is 14.9 Å². The van der Waals surface area contributed by atoms with Crippen molar-refractivity contribution < 1.29 is 4.92 Å². The molecule has 1 fully saturated rings. The summed E-state index contributed by atoms with van der Waals surface area (Å²) in [6.07, 6.45) is 3.78. The summed E-state index contributed by atoms with van der Waals surface area (Å²) in [5.41, 5.74) is 2.77. The van der Waals surface area contributed by atoms with Gasteiger partial charge in [0.05, 0.1) is 20.5 Å². The molecular weight excluding hydrogens is 400 g/mol. The van der Waals surface area contributed by atoms with Crippen LogP contribution in [-0.2, 0) is 0 Å². The lowest BCUT2D eigenvalue weighted by Crippen LogP contribution is -2.33. The Morgan fingerprint density at radius 2 is 1.97 bits per heavy atom. The number of hydrogen-bond donors (Lipinski definition) is 0. The second-order valence-corrected chi connectivity index (χ2v) is 8.82. The van der Waals surface area contributed by atoms with Crippen molar-refractivity contribution in [1.82, 2.24) is 9.38 Å². The summed E-state index contributed by atoms with van der Waals surface area (Å²) in [5.74, 6) is 0.650. The van der Waals surface area contributed by atoms with Gasteiger partial charge in [-0.25, -0.2) is 9.38 Å². The number of anilines is 1. The van der Waals surface area contributed by atoms with Gasteiger partial charge in [0.25, 0.3) is 11.2 Å². The van der Waals surface area contributed by atoms with Crippen molar-refractivity contribution in [3.05, 3.63) is 73.0 Å². The van der Waals surface area contributed by atoms with Crippen LogP contribution in [-0.4, -0.2) is 27.4 Å². The fourth-order valence-electron chi connectivity index (χ4n) is 4.06. The third-order valence-electron chi connectivity index (χ3n) is 5.76. The number of piperidine rings is 1. The van der Waals surface area contributed by atoms with E-state index in [1.807, 2.05) is 30.3 Å². The SMILES string of the molecule is CC1CCN(c2ccc(C=c3sc4nc5ccccc5n4c3=O)cc2[N+](=O)[O-])CC1. The Kier molecular flexibility index (Phi) is 4.51. The lowest BCUT2D eigenvalue weighted by molar-refractivity contribution is -0.384. The molecule has 7 nitrogen and oxygen atoms in total. The zero-order valence-corrected chi connectivity index (χ0v) is 17.3. The molecule has 0 bridgehead atoms. The first-order valence-corrected chi connectivity index (χ1v) is 10.8. The summed E-state index contributed by atoms with van der Waals surface area (Å²) in [4.78, 5) is 31.6. The van der Waals surface area contributed by atoms with Crippen LogP contribution in [0.2, 0.25) is 0 Å². The molecule has 8 heteroatoms. The number of thiazole rings is 1. The number of fused-ring (bicyclic) bond motifs is 3. The predicted octanol–water partition coefficient (Wildman–Crippen LogP) is 3.60. The van der Waals surface area contributed by atoms with Crippen molar-refractivity contribution in [3.63, 3.8) is 0 Å². The lowest BCUT2D eigenvalue weighted by atomic mass is 9.98. The van der Waals surface area contributed by atoms with Crippen LogP contribution in [0.3, 0.4) is 0 Å². The summed E-state index contributed by atoms with van der Waals surface area (Å²) in [7, 11) is 0. The summed E-state index contributed by atoms with van der Waals surface area (Å²) in [6, 6.07) is 12.7. The van der Waals surface area contributed by atoms with Gasteiger partial charge in [-0.15, -0.1) is 0 Å². The standard InChI is InChI=1S/C22H20N4O3S/c1-14-8-10-24(11-9-14)18-7-6-15(12-19(18)26(28)29)13-20-21(27)25-17-5-3-2-4-16(17)23-22(25)30-20/h2-7,12-14H,8-11H2,1H3. The van der Waals surface area contributed by atoms with Gasteiger partial charge in [-0.2, -0.15) is 0 Å². The normalized spacial score (nSPS) is 16.0. The number of rotatable bonds is 3. The summed E-state index contributed by atoms with van der Waals surface area (Å²) in [6.45, 7) is 3.86. The molecule has 30 heavy (non-hydrogen) atoms. The first-order chi connectivity index (χ1) is 14.5. The number of para-hydroxylation sites is 2. The Bertz CT molecular complexity index is 1380. The largest absolute Gasteiger partial charge is 0.366 e. The Balaban J connectivity index is 1.58. The minimum atomic E-state index is -0.336. The number of benzene rings is 2. The molecule has 0 radical (unpaired) electrons. The highest BCUT2D eigenvalue weighted by Crippen LogP contribution is 2.32. The van der Waals surface area contributed by atoms with Crippen molar-refractivity contribution in [2.75, 3.05) is 18.0 Å². The summed E-state index contributed by atoms with van der Waals surface area (Å²) >= 11 is 1.29. The first kappa shape index (κ1) is 18.7. The summed E-state index contributed by atoms with van der Waals surface area (Å²) in [5, 5.41) is 11.7. The third kappa shape index (κ3) is 3.13. The molecule has 3 heterocycles. The number of hydrogen-bond acceptors (Lipinski definition) is 6. The quantitative estimate of drug-likeness (QED) is 0.374. The van der Waals surface area contributed by atoms with Gasteiger partial charge in [0.15, 0.2) is 4.96 Å². The van der Waals surface area contributed by atoms with Crippen LogP contribution in [0.15, 0.2) is 47.3 Å². The fraction of sp³-hybridized carbons (Fsp3) is 0.273. The average Bonchev–Trinajstić information content (AvgIpc) is 3.25. The third-order valence-corrected chi connectivity index (χ3v) is 6.73. The highest BCUT2D eigenvalue weighted by Gasteiger charge is 2.23. The van der Waals surface area contributed by atoms with Gasteiger partial charge in [0, 0.05) is 19.2 Å². The van der Waals surface area contributed by atoms with Crippen LogP contribution in [0.4, 0.5) is 11.4 Å². The van der Waals surface area contributed by atoms with Crippen molar-refractivity contribution in [1.29, 1.82) is 0 Å². The van der Waals surface area contributed by atoms with Gasteiger partial charge in [-0.3, -0.25) is 14.9 Å². The minimum Gasteiger partial charge on any atom is -0.366 e. The van der Waals surface area contributed by atoms with Gasteiger partial charge in [0.2, 0.25) is 0 Å². The maximum absolute atomic E-state index is 12.9. The highest BCUT2D eigenvalue weighted by molar-refractivity contribution is 7.15. The number of nitrogens with zero attached hydrogens (tertiary/aromatic N) is 4. The molecule has 0 spiro atoms. The topological polar surface area (TPSA) is 80.8 Å². The molecule has 0 atom stereocenters. The molecule has 0 unspecified atom stereocenters. The number of imidazole rings is 1. The van der Waals surface area contributed by atoms with Crippen LogP contribution in [0.25, 0.3) is 22.1 Å². The fourth-order valence-corrected chi connectivity index (χ4v) is 5.04. The molecule has 2 aromatic carbocycles. The van der Waals surface area contributed by atoms with Gasteiger partial charge in [-0.1, -0.05) is 36.5 Å². The Morgan fingerprint density at radius 3 is 2.73 bits per heavy atom. The molecule has 1 aliphatic rings. The zero-order valence-electron chi connectivity index (χ0n) is 16.4. The molecule has 0 amide bonds. The summed E-state index contributed by atoms with van der Waals surface area (Å²) < 4.78 is 2.11. The average molecular weight is 420 g/mol. The number of aromatic nitrogens is 2. The van der Waals surface area contributed by atoms with Crippen LogP contribution < -0.4 is 15.0 Å². The maximum Gasteiger partial charge on any atom is 0.293 e. The van der Waals surface area contributed by atoms with Crippen molar-refractivity contribution >= 4 is 44.8 Å². The molecule has 1 aliphatic heterocycles. The highest BCUT2D eigenvalue weighted by atomic mass is 32.1. The molecule has 1 saturated heterocycles. The smallest absolute Gasteiger partial charge is 0.293 e. The molecule has 0 saturated carbocycles. The van der Waals surface area contributed by atoms with Crippen LogP contribution >= 0.6 is 11.3 Å². The van der Waals surface area contributed by atoms with Crippen LogP contribution in [0.1, 0.15) is 25.3 Å². The van der Waals surface area contributed by atoms with E-state index in [4.69, 9.17) is 0 Å². The van der Waals surface area contributed by atoms with E-state index in [1.54, 1.807) is 22.6 Å². The number of nitro groups is 1. The van der Waals surface area contributed by atoms with Gasteiger partial charge >= 0.3 is 0 Å². The van der Waals surface area contributed by atoms with E-state index in [0.717, 1.165) is 37.0 Å². The van der Waals surface area contributed by atoms with Crippen LogP contribution in [0.5, 0.6) is 0 Å². The first-order valence-electron chi connectivity index (χ1n) is 9.96. The molecule has 2 aromatic heterocycles. The van der Waals surface area contributed by atoms with E-state index >= 15 is 0 Å². The Morgan fingerprint density at radius 1 is 1.20 bits per heavy atom. The predicted molar refractivity (Wildman–Crippen MR) is 119 cm³/mol. The van der Waals surface area contributed by atoms with Crippen molar-refractivity contribution in [2.24, 2.45) is 5.92 Å². The van der Waals surface area contributed by atoms with Gasteiger partial charge in [0.1, 0.15) is 5.69 Å². The van der Waals surface area contributed by atoms with E-state index < -0.39 is 0 Å². The molecular formula is C22H20N4O3S. The van der Waals surface area contributed by atoms with Gasteiger partial charge in [-0.05, 0) is 48.6 Å². The molecule has 4 aromatic rings. The number of nitro benzene ring substituents is 1. The zero-order chi connectivity index (χ0) is 20.8. The monoisotopic (exact) mass is 420 g/mol. The van der Waals surface area contributed by atoms with Crippen molar-refractivity contribution in [3.8, 4) is 0 Å². The Labute approximate surface area is 176 Å². The van der Waals surface area contributed by atoms with Crippen LogP contribution in [0, 0.1) is 16.0 Å². The lowest BCUT2D eigenvalue weighted by Gasteiger charge is -2.31. The maximum atomic E-state index is 12.9. The minimum absolute atomic E-state index is 0.0811.